The van der Waals surface area contributed by atoms with Gasteiger partial charge in [-0.25, -0.2) is 28.4 Å². The van der Waals surface area contributed by atoms with E-state index >= 15 is 0 Å². The van der Waals surface area contributed by atoms with E-state index in [-0.39, 0.29) is 6.04 Å². The van der Waals surface area contributed by atoms with Gasteiger partial charge in [-0.15, -0.1) is 0 Å². The van der Waals surface area contributed by atoms with E-state index in [2.05, 4.69) is 25.0 Å². The van der Waals surface area contributed by atoms with Gasteiger partial charge in [-0.2, -0.15) is 5.10 Å². The molecule has 1 aliphatic rings. The van der Waals surface area contributed by atoms with E-state index in [1.165, 1.54) is 17.3 Å². The summed E-state index contributed by atoms with van der Waals surface area (Å²) in [7, 11) is 0. The van der Waals surface area contributed by atoms with Crippen molar-refractivity contribution in [1.29, 1.82) is 0 Å². The Kier molecular flexibility index (Phi) is 4.85. The second kappa shape index (κ2) is 7.82. The van der Waals surface area contributed by atoms with Crippen molar-refractivity contribution in [2.75, 3.05) is 11.4 Å². The molecule has 1 aliphatic heterocycles. The number of rotatable bonds is 5. The molecule has 31 heavy (non-hydrogen) atoms. The Labute approximate surface area is 175 Å². The van der Waals surface area contributed by atoms with Crippen LogP contribution in [0.15, 0.2) is 54.1 Å². The van der Waals surface area contributed by atoms with E-state index in [4.69, 9.17) is 0 Å². The smallest absolute Gasteiger partial charge is 0.261 e. The minimum absolute atomic E-state index is 0.314. The van der Waals surface area contributed by atoms with E-state index in [9.17, 15) is 13.6 Å². The maximum Gasteiger partial charge on any atom is 0.261 e. The summed E-state index contributed by atoms with van der Waals surface area (Å²) in [6.07, 6.45) is 4.86. The third-order valence-corrected chi connectivity index (χ3v) is 5.32. The zero-order chi connectivity index (χ0) is 21.4. The van der Waals surface area contributed by atoms with Crippen LogP contribution in [0.3, 0.4) is 0 Å². The quantitative estimate of drug-likeness (QED) is 0.485. The molecule has 1 fully saturated rings. The number of halogens is 2. The number of anilines is 1. The largest absolute Gasteiger partial charge is 0.345 e. The van der Waals surface area contributed by atoms with E-state index in [0.717, 1.165) is 11.0 Å². The van der Waals surface area contributed by atoms with Crippen molar-refractivity contribution in [2.24, 2.45) is 0 Å². The third kappa shape index (κ3) is 3.51. The summed E-state index contributed by atoms with van der Waals surface area (Å²) >= 11 is 0. The summed E-state index contributed by atoms with van der Waals surface area (Å²) in [5, 5.41) is 4.39. The SMILES string of the molecule is O=c1c2ccccc2nc(C2CCCN2c2cncc(-n3cncn3)n2)n1CC(F)F. The summed E-state index contributed by atoms with van der Waals surface area (Å²) in [6, 6.07) is 6.42. The fraction of sp³-hybridized carbons (Fsp3) is 0.300. The first kappa shape index (κ1) is 19.2. The molecule has 5 rings (SSSR count). The van der Waals surface area contributed by atoms with Crippen LogP contribution in [0.2, 0.25) is 0 Å². The van der Waals surface area contributed by atoms with Crippen molar-refractivity contribution in [3.63, 3.8) is 0 Å². The fourth-order valence-electron chi connectivity index (χ4n) is 3.98. The Morgan fingerprint density at radius 3 is 2.74 bits per heavy atom. The van der Waals surface area contributed by atoms with Crippen LogP contribution in [0.1, 0.15) is 24.7 Å². The molecule has 0 bridgehead atoms. The maximum absolute atomic E-state index is 13.4. The Morgan fingerprint density at radius 2 is 1.94 bits per heavy atom. The number of fused-ring (bicyclic) bond motifs is 1. The number of hydrogen-bond donors (Lipinski definition) is 0. The lowest BCUT2D eigenvalue weighted by Gasteiger charge is -2.27. The molecule has 0 aliphatic carbocycles. The molecule has 0 amide bonds. The zero-order valence-electron chi connectivity index (χ0n) is 16.3. The van der Waals surface area contributed by atoms with Gasteiger partial charge < -0.3 is 4.90 Å². The molecule has 158 valence electrons. The second-order valence-corrected chi connectivity index (χ2v) is 7.22. The minimum atomic E-state index is -2.68. The standard InChI is InChI=1S/C20H18F2N8O/c21-16(22)10-29-19(26-14-5-2-1-4-13(14)20(29)31)15-6-3-7-28(15)17-8-23-9-18(27-17)30-12-24-11-25-30/h1-2,4-5,8-9,11-12,15-16H,3,6-7,10H2. The topological polar surface area (TPSA) is 94.6 Å². The van der Waals surface area contributed by atoms with Crippen LogP contribution in [-0.4, -0.2) is 47.3 Å². The van der Waals surface area contributed by atoms with Gasteiger partial charge >= 0.3 is 0 Å². The summed E-state index contributed by atoms with van der Waals surface area (Å²) in [6.45, 7) is -0.0709. The molecule has 1 unspecified atom stereocenters. The Hall–Kier alpha value is -3.76. The molecule has 0 saturated carbocycles. The summed E-state index contributed by atoms with van der Waals surface area (Å²) < 4.78 is 29.3. The summed E-state index contributed by atoms with van der Waals surface area (Å²) in [5.74, 6) is 1.35. The molecule has 0 spiro atoms. The molecule has 1 atom stereocenters. The van der Waals surface area contributed by atoms with Crippen molar-refractivity contribution in [2.45, 2.75) is 31.9 Å². The van der Waals surface area contributed by atoms with Crippen LogP contribution >= 0.6 is 0 Å². The van der Waals surface area contributed by atoms with Gasteiger partial charge in [-0.3, -0.25) is 14.3 Å². The van der Waals surface area contributed by atoms with Gasteiger partial charge in [-0.05, 0) is 25.0 Å². The Balaban J connectivity index is 1.61. The van der Waals surface area contributed by atoms with Crippen LogP contribution in [0.25, 0.3) is 16.7 Å². The molecule has 9 nitrogen and oxygen atoms in total. The van der Waals surface area contributed by atoms with Crippen molar-refractivity contribution >= 4 is 16.7 Å². The molecule has 4 aromatic rings. The number of hydrogen-bond acceptors (Lipinski definition) is 7. The first-order chi connectivity index (χ1) is 15.1. The highest BCUT2D eigenvalue weighted by atomic mass is 19.3. The molecule has 0 radical (unpaired) electrons. The van der Waals surface area contributed by atoms with E-state index in [0.29, 0.717) is 41.3 Å². The number of nitrogens with zero attached hydrogens (tertiary/aromatic N) is 8. The lowest BCUT2D eigenvalue weighted by atomic mass is 10.1. The van der Waals surface area contributed by atoms with Crippen molar-refractivity contribution in [3.05, 3.63) is 65.5 Å². The van der Waals surface area contributed by atoms with Gasteiger partial charge in [-0.1, -0.05) is 12.1 Å². The number of para-hydroxylation sites is 1. The lowest BCUT2D eigenvalue weighted by Crippen LogP contribution is -2.34. The lowest BCUT2D eigenvalue weighted by molar-refractivity contribution is 0.123. The van der Waals surface area contributed by atoms with E-state index in [1.807, 2.05) is 4.90 Å². The number of benzene rings is 1. The molecular formula is C20H18F2N8O. The van der Waals surface area contributed by atoms with Crippen molar-refractivity contribution in [1.82, 2.24) is 34.3 Å². The predicted molar refractivity (Wildman–Crippen MR) is 108 cm³/mol. The number of alkyl halides is 2. The maximum atomic E-state index is 13.4. The van der Waals surface area contributed by atoms with Gasteiger partial charge in [0.15, 0.2) is 5.82 Å². The van der Waals surface area contributed by atoms with Crippen LogP contribution < -0.4 is 10.5 Å². The monoisotopic (exact) mass is 424 g/mol. The van der Waals surface area contributed by atoms with Gasteiger partial charge in [0, 0.05) is 6.54 Å². The average molecular weight is 424 g/mol. The van der Waals surface area contributed by atoms with Gasteiger partial charge in [0.25, 0.3) is 12.0 Å². The highest BCUT2D eigenvalue weighted by Crippen LogP contribution is 2.34. The molecule has 11 heteroatoms. The first-order valence-corrected chi connectivity index (χ1v) is 9.83. The van der Waals surface area contributed by atoms with Gasteiger partial charge in [0.1, 0.15) is 24.3 Å². The van der Waals surface area contributed by atoms with Crippen LogP contribution in [0.4, 0.5) is 14.6 Å². The molecule has 1 aromatic carbocycles. The highest BCUT2D eigenvalue weighted by molar-refractivity contribution is 5.77. The Bertz CT molecular complexity index is 1270. The normalized spacial score (nSPS) is 16.5. The minimum Gasteiger partial charge on any atom is -0.345 e. The van der Waals surface area contributed by atoms with Crippen LogP contribution in [0, 0.1) is 0 Å². The van der Waals surface area contributed by atoms with Gasteiger partial charge in [0.05, 0.1) is 35.9 Å². The van der Waals surface area contributed by atoms with Crippen LogP contribution in [0.5, 0.6) is 0 Å². The van der Waals surface area contributed by atoms with Crippen molar-refractivity contribution in [3.8, 4) is 5.82 Å². The second-order valence-electron chi connectivity index (χ2n) is 7.22. The van der Waals surface area contributed by atoms with E-state index in [1.54, 1.807) is 36.7 Å². The molecule has 1 saturated heterocycles. The number of aromatic nitrogens is 7. The predicted octanol–water partition coefficient (Wildman–Crippen LogP) is 2.37. The molecule has 4 heterocycles. The van der Waals surface area contributed by atoms with Crippen molar-refractivity contribution < 1.29 is 8.78 Å². The summed E-state index contributed by atoms with van der Waals surface area (Å²) in [4.78, 5) is 32.4. The fourth-order valence-corrected chi connectivity index (χ4v) is 3.98. The Morgan fingerprint density at radius 1 is 1.10 bits per heavy atom. The third-order valence-electron chi connectivity index (χ3n) is 5.32. The molecule has 0 N–H and O–H groups in total. The highest BCUT2D eigenvalue weighted by Gasteiger charge is 2.32. The van der Waals surface area contributed by atoms with Gasteiger partial charge in [0.2, 0.25) is 0 Å². The molecule has 3 aromatic heterocycles. The average Bonchev–Trinajstić information content (AvgIpc) is 3.48. The first-order valence-electron chi connectivity index (χ1n) is 9.83. The summed E-state index contributed by atoms with van der Waals surface area (Å²) in [5.41, 5.74) is 0.0255. The molecular weight excluding hydrogens is 406 g/mol. The van der Waals surface area contributed by atoms with E-state index < -0.39 is 18.5 Å². The van der Waals surface area contributed by atoms with Crippen LogP contribution in [-0.2, 0) is 6.54 Å². The zero-order valence-corrected chi connectivity index (χ0v) is 16.3.